The molecule has 0 radical (unpaired) electrons. The van der Waals surface area contributed by atoms with Gasteiger partial charge in [-0.3, -0.25) is 19.6 Å². The van der Waals surface area contributed by atoms with Gasteiger partial charge in [-0.2, -0.15) is 0 Å². The van der Waals surface area contributed by atoms with Gasteiger partial charge in [0.05, 0.1) is 12.3 Å². The molecule has 9 nitrogen and oxygen atoms in total. The SMILES string of the molecule is CC1CC2(CC(C)(C)c3cc(O)c(O)c(CN4CCN(C(C)(C)C)CC4)c32)c2c1cc(O)c(O)c2CN1CCN(COC(C)(C)C)CC1. The third-order valence-corrected chi connectivity index (χ3v) is 11.6. The number of hydrogen-bond acceptors (Lipinski definition) is 9. The molecule has 0 amide bonds. The Labute approximate surface area is 288 Å². The molecule has 2 saturated heterocycles. The summed E-state index contributed by atoms with van der Waals surface area (Å²) < 4.78 is 6.04. The maximum atomic E-state index is 11.6. The van der Waals surface area contributed by atoms with Crippen molar-refractivity contribution in [1.82, 2.24) is 19.6 Å². The Morgan fingerprint density at radius 2 is 1.23 bits per heavy atom. The van der Waals surface area contributed by atoms with E-state index in [-0.39, 0.29) is 45.5 Å². The van der Waals surface area contributed by atoms with Crippen LogP contribution in [0.15, 0.2) is 12.1 Å². The number of hydrogen-bond donors (Lipinski definition) is 4. The fourth-order valence-corrected chi connectivity index (χ4v) is 9.24. The lowest BCUT2D eigenvalue weighted by molar-refractivity contribution is -0.0744. The molecule has 2 aromatic carbocycles. The number of fused-ring (bicyclic) bond motifs is 4. The van der Waals surface area contributed by atoms with Crippen LogP contribution in [0.2, 0.25) is 0 Å². The molecular formula is C39H60N4O5. The van der Waals surface area contributed by atoms with Crippen molar-refractivity contribution >= 4 is 0 Å². The molecule has 2 aromatic rings. The maximum absolute atomic E-state index is 11.6. The first-order valence-electron chi connectivity index (χ1n) is 18.0. The molecule has 2 unspecified atom stereocenters. The van der Waals surface area contributed by atoms with Gasteiger partial charge in [-0.25, -0.2) is 0 Å². The van der Waals surface area contributed by atoms with Gasteiger partial charge < -0.3 is 25.2 Å². The molecule has 2 fully saturated rings. The van der Waals surface area contributed by atoms with Gasteiger partial charge in [0.2, 0.25) is 0 Å². The number of phenols is 4. The van der Waals surface area contributed by atoms with Crippen LogP contribution in [-0.2, 0) is 28.7 Å². The third-order valence-electron chi connectivity index (χ3n) is 11.6. The van der Waals surface area contributed by atoms with Gasteiger partial charge in [0.1, 0.15) is 0 Å². The van der Waals surface area contributed by atoms with Crippen molar-refractivity contribution in [3.63, 3.8) is 0 Å². The summed E-state index contributed by atoms with van der Waals surface area (Å²) in [7, 11) is 0. The molecule has 0 aromatic heterocycles. The number of benzene rings is 2. The van der Waals surface area contributed by atoms with E-state index in [9.17, 15) is 20.4 Å². The average Bonchev–Trinajstić information content (AvgIpc) is 3.38. The normalized spacial score (nSPS) is 25.6. The second-order valence-electron chi connectivity index (χ2n) is 17.8. The summed E-state index contributed by atoms with van der Waals surface area (Å²) in [5.41, 5.74) is 5.17. The summed E-state index contributed by atoms with van der Waals surface area (Å²) in [6, 6.07) is 3.58. The van der Waals surface area contributed by atoms with Crippen LogP contribution < -0.4 is 0 Å². The molecule has 6 rings (SSSR count). The quantitative estimate of drug-likeness (QED) is 0.286. The van der Waals surface area contributed by atoms with Crippen molar-refractivity contribution in [1.29, 1.82) is 0 Å². The average molecular weight is 665 g/mol. The fraction of sp³-hybridized carbons (Fsp3) is 0.692. The van der Waals surface area contributed by atoms with Crippen molar-refractivity contribution in [2.24, 2.45) is 0 Å². The standard InChI is InChI=1S/C39H60N4O5/c1-25-20-39(32-26(25)18-30(44)34(46)27(32)21-40-10-12-42(13-11-40)24-48-37(5,6)7)23-38(8,9)29-19-31(45)35(47)28(33(29)39)22-41-14-16-43(17-15-41)36(2,3)4/h18-19,25,44-47H,10-17,20-24H2,1-9H3. The first-order valence-corrected chi connectivity index (χ1v) is 18.0. The molecule has 0 saturated carbocycles. The van der Waals surface area contributed by atoms with Crippen LogP contribution in [0.3, 0.4) is 0 Å². The predicted octanol–water partition coefficient (Wildman–Crippen LogP) is 5.79. The Morgan fingerprint density at radius 1 is 0.729 bits per heavy atom. The highest BCUT2D eigenvalue weighted by Crippen LogP contribution is 2.65. The second kappa shape index (κ2) is 12.3. The highest BCUT2D eigenvalue weighted by Gasteiger charge is 2.56. The molecular weight excluding hydrogens is 604 g/mol. The van der Waals surface area contributed by atoms with Crippen molar-refractivity contribution in [2.45, 2.75) is 116 Å². The monoisotopic (exact) mass is 664 g/mol. The van der Waals surface area contributed by atoms with E-state index in [0.29, 0.717) is 19.8 Å². The smallest absolute Gasteiger partial charge is 0.162 e. The molecule has 1 spiro atoms. The van der Waals surface area contributed by atoms with Gasteiger partial charge in [0, 0.05) is 87.5 Å². The minimum Gasteiger partial charge on any atom is -0.504 e. The highest BCUT2D eigenvalue weighted by molar-refractivity contribution is 5.69. The first kappa shape index (κ1) is 35.3. The molecule has 2 aliphatic carbocycles. The number of phenolic OH excluding ortho intramolecular Hbond substituents is 4. The Kier molecular flexibility index (Phi) is 9.07. The molecule has 2 atom stereocenters. The Hall–Kier alpha value is -2.56. The van der Waals surface area contributed by atoms with Gasteiger partial charge >= 0.3 is 0 Å². The largest absolute Gasteiger partial charge is 0.504 e. The minimum atomic E-state index is -0.468. The summed E-state index contributed by atoms with van der Waals surface area (Å²) in [4.78, 5) is 9.63. The van der Waals surface area contributed by atoms with Gasteiger partial charge in [-0.15, -0.1) is 0 Å². The lowest BCUT2D eigenvalue weighted by Gasteiger charge is -2.42. The van der Waals surface area contributed by atoms with Gasteiger partial charge in [0.15, 0.2) is 23.0 Å². The minimum absolute atomic E-state index is 0.0247. The van der Waals surface area contributed by atoms with Crippen molar-refractivity contribution < 1.29 is 25.2 Å². The van der Waals surface area contributed by atoms with E-state index in [0.717, 1.165) is 98.6 Å². The Bertz CT molecular complexity index is 1530. The van der Waals surface area contributed by atoms with Crippen LogP contribution in [0.1, 0.15) is 114 Å². The van der Waals surface area contributed by atoms with Crippen LogP contribution >= 0.6 is 0 Å². The van der Waals surface area contributed by atoms with E-state index in [1.807, 2.05) is 0 Å². The van der Waals surface area contributed by atoms with Crippen LogP contribution in [0, 0.1) is 0 Å². The van der Waals surface area contributed by atoms with Crippen LogP contribution in [0.25, 0.3) is 0 Å². The van der Waals surface area contributed by atoms with Crippen molar-refractivity contribution in [3.05, 3.63) is 45.5 Å². The molecule has 9 heteroatoms. The van der Waals surface area contributed by atoms with Crippen LogP contribution in [-0.4, -0.2) is 110 Å². The Balaban J connectivity index is 1.39. The lowest BCUT2D eigenvalue weighted by atomic mass is 9.71. The number of ether oxygens (including phenoxy) is 1. The topological polar surface area (TPSA) is 103 Å². The lowest BCUT2D eigenvalue weighted by Crippen LogP contribution is -2.53. The van der Waals surface area contributed by atoms with Gasteiger partial charge in [0.25, 0.3) is 0 Å². The van der Waals surface area contributed by atoms with Crippen molar-refractivity contribution in [3.8, 4) is 23.0 Å². The first-order chi connectivity index (χ1) is 22.3. The Morgan fingerprint density at radius 3 is 1.77 bits per heavy atom. The van der Waals surface area contributed by atoms with Crippen molar-refractivity contribution in [2.75, 3.05) is 59.1 Å². The number of nitrogens with zero attached hydrogens (tertiary/aromatic N) is 4. The van der Waals surface area contributed by atoms with Gasteiger partial charge in [-0.1, -0.05) is 20.8 Å². The number of aromatic hydroxyl groups is 4. The van der Waals surface area contributed by atoms with Crippen LogP contribution in [0.5, 0.6) is 23.0 Å². The molecule has 4 aliphatic rings. The zero-order valence-electron chi connectivity index (χ0n) is 30.9. The number of rotatable bonds is 6. The predicted molar refractivity (Wildman–Crippen MR) is 190 cm³/mol. The maximum Gasteiger partial charge on any atom is 0.162 e. The van der Waals surface area contributed by atoms with E-state index in [2.05, 4.69) is 81.9 Å². The molecule has 2 heterocycles. The van der Waals surface area contributed by atoms with E-state index in [4.69, 9.17) is 4.74 Å². The summed E-state index contributed by atoms with van der Waals surface area (Å²) in [6.45, 7) is 28.5. The molecule has 4 N–H and O–H groups in total. The molecule has 48 heavy (non-hydrogen) atoms. The van der Waals surface area contributed by atoms with E-state index >= 15 is 0 Å². The summed E-state index contributed by atoms with van der Waals surface area (Å²) in [5.74, 6) is -0.0286. The highest BCUT2D eigenvalue weighted by atomic mass is 16.5. The molecule has 266 valence electrons. The molecule has 0 bridgehead atoms. The van der Waals surface area contributed by atoms with E-state index in [1.54, 1.807) is 12.1 Å². The van der Waals surface area contributed by atoms with E-state index in [1.165, 1.54) is 0 Å². The zero-order chi connectivity index (χ0) is 35.0. The second-order valence-corrected chi connectivity index (χ2v) is 17.8. The summed E-state index contributed by atoms with van der Waals surface area (Å²) >= 11 is 0. The van der Waals surface area contributed by atoms with E-state index < -0.39 is 5.41 Å². The fourth-order valence-electron chi connectivity index (χ4n) is 9.24. The summed E-state index contributed by atoms with van der Waals surface area (Å²) in [5, 5.41) is 45.5. The third kappa shape index (κ3) is 6.41. The van der Waals surface area contributed by atoms with Gasteiger partial charge in [-0.05, 0) is 100 Å². The zero-order valence-corrected chi connectivity index (χ0v) is 30.9. The number of piperazine rings is 2. The van der Waals surface area contributed by atoms with Crippen LogP contribution in [0.4, 0.5) is 0 Å². The summed E-state index contributed by atoms with van der Waals surface area (Å²) in [6.07, 6.45) is 1.62. The molecule has 2 aliphatic heterocycles.